The van der Waals surface area contributed by atoms with Gasteiger partial charge in [-0.15, -0.1) is 6.58 Å². The van der Waals surface area contributed by atoms with Crippen LogP contribution in [0.25, 0.3) is 0 Å². The summed E-state index contributed by atoms with van der Waals surface area (Å²) in [5.41, 5.74) is 7.35. The molecule has 0 heterocycles. The zero-order valence-corrected chi connectivity index (χ0v) is 9.58. The monoisotopic (exact) mass is 203 g/mol. The lowest BCUT2D eigenvalue weighted by atomic mass is 9.87. The molecule has 0 aromatic heterocycles. The van der Waals surface area contributed by atoms with Gasteiger partial charge in [0.1, 0.15) is 0 Å². The van der Waals surface area contributed by atoms with E-state index in [9.17, 15) is 0 Å². The standard InChI is InChI=1S/C14H21N/c1-3-5-11-14(15,4-2)12-13-9-7-6-8-10-13/h4,6-10H,2-3,5,11-12,15H2,1H3. The molecule has 0 amide bonds. The summed E-state index contributed by atoms with van der Waals surface area (Å²) in [6, 6.07) is 10.4. The Bertz CT molecular complexity index is 291. The molecule has 0 spiro atoms. The lowest BCUT2D eigenvalue weighted by Crippen LogP contribution is -2.39. The van der Waals surface area contributed by atoms with Gasteiger partial charge in [0.25, 0.3) is 0 Å². The highest BCUT2D eigenvalue weighted by Crippen LogP contribution is 2.18. The summed E-state index contributed by atoms with van der Waals surface area (Å²) < 4.78 is 0. The number of benzene rings is 1. The van der Waals surface area contributed by atoms with Crippen LogP contribution in [0.15, 0.2) is 43.0 Å². The van der Waals surface area contributed by atoms with Crippen LogP contribution in [0, 0.1) is 0 Å². The lowest BCUT2D eigenvalue weighted by molar-refractivity contribution is 0.463. The van der Waals surface area contributed by atoms with Crippen LogP contribution in [0.5, 0.6) is 0 Å². The first-order valence-corrected chi connectivity index (χ1v) is 5.66. The Morgan fingerprint density at radius 2 is 2.00 bits per heavy atom. The molecule has 1 unspecified atom stereocenters. The van der Waals surface area contributed by atoms with Gasteiger partial charge in [-0.1, -0.05) is 56.2 Å². The van der Waals surface area contributed by atoms with E-state index >= 15 is 0 Å². The molecule has 0 radical (unpaired) electrons. The molecule has 82 valence electrons. The Hall–Kier alpha value is -1.08. The Morgan fingerprint density at radius 1 is 1.33 bits per heavy atom. The van der Waals surface area contributed by atoms with Crippen molar-refractivity contribution in [2.75, 3.05) is 0 Å². The third-order valence-corrected chi connectivity index (χ3v) is 2.78. The van der Waals surface area contributed by atoms with Crippen LogP contribution in [0.4, 0.5) is 0 Å². The molecule has 1 rings (SSSR count). The van der Waals surface area contributed by atoms with Gasteiger partial charge in [0.05, 0.1) is 0 Å². The summed E-state index contributed by atoms with van der Waals surface area (Å²) in [6.45, 7) is 6.04. The van der Waals surface area contributed by atoms with Crippen LogP contribution in [-0.4, -0.2) is 5.54 Å². The van der Waals surface area contributed by atoms with Crippen molar-refractivity contribution in [3.63, 3.8) is 0 Å². The molecule has 0 aliphatic carbocycles. The molecule has 0 aliphatic rings. The van der Waals surface area contributed by atoms with Crippen molar-refractivity contribution in [1.82, 2.24) is 0 Å². The highest BCUT2D eigenvalue weighted by Gasteiger charge is 2.20. The minimum absolute atomic E-state index is 0.239. The minimum atomic E-state index is -0.239. The highest BCUT2D eigenvalue weighted by molar-refractivity contribution is 5.20. The van der Waals surface area contributed by atoms with Crippen molar-refractivity contribution >= 4 is 0 Å². The predicted octanol–water partition coefficient (Wildman–Crippen LogP) is 3.30. The Kier molecular flexibility index (Phi) is 4.57. The number of unbranched alkanes of at least 4 members (excludes halogenated alkanes) is 1. The van der Waals surface area contributed by atoms with Gasteiger partial charge in [-0.25, -0.2) is 0 Å². The van der Waals surface area contributed by atoms with E-state index in [1.807, 2.05) is 12.1 Å². The molecule has 1 aromatic rings. The van der Waals surface area contributed by atoms with Crippen LogP contribution in [0.2, 0.25) is 0 Å². The molecule has 0 fully saturated rings. The van der Waals surface area contributed by atoms with Crippen molar-refractivity contribution in [3.8, 4) is 0 Å². The molecule has 0 aliphatic heterocycles. The molecule has 0 saturated carbocycles. The SMILES string of the molecule is C=CC(N)(CCCC)Cc1ccccc1. The molecule has 1 aromatic carbocycles. The number of nitrogens with two attached hydrogens (primary N) is 1. The lowest BCUT2D eigenvalue weighted by Gasteiger charge is -2.25. The predicted molar refractivity (Wildman–Crippen MR) is 66.8 cm³/mol. The largest absolute Gasteiger partial charge is 0.322 e. The van der Waals surface area contributed by atoms with Crippen LogP contribution in [-0.2, 0) is 6.42 Å². The average Bonchev–Trinajstić information content (AvgIpc) is 2.28. The molecule has 0 bridgehead atoms. The van der Waals surface area contributed by atoms with E-state index in [0.29, 0.717) is 0 Å². The van der Waals surface area contributed by atoms with Gasteiger partial charge in [0.15, 0.2) is 0 Å². The second-order valence-corrected chi connectivity index (χ2v) is 4.20. The van der Waals surface area contributed by atoms with Gasteiger partial charge in [0.2, 0.25) is 0 Å². The number of hydrogen-bond donors (Lipinski definition) is 1. The summed E-state index contributed by atoms with van der Waals surface area (Å²) in [4.78, 5) is 0. The molecule has 0 saturated heterocycles. The molecule has 2 N–H and O–H groups in total. The second-order valence-electron chi connectivity index (χ2n) is 4.20. The fourth-order valence-electron chi connectivity index (χ4n) is 1.74. The summed E-state index contributed by atoms with van der Waals surface area (Å²) in [6.07, 6.45) is 6.14. The summed E-state index contributed by atoms with van der Waals surface area (Å²) in [5, 5.41) is 0. The molecular formula is C14H21N. The molecule has 15 heavy (non-hydrogen) atoms. The molecular weight excluding hydrogens is 182 g/mol. The quantitative estimate of drug-likeness (QED) is 0.705. The maximum atomic E-state index is 6.30. The Balaban J connectivity index is 2.63. The molecule has 1 nitrogen and oxygen atoms in total. The summed E-state index contributed by atoms with van der Waals surface area (Å²) in [7, 11) is 0. The first-order valence-electron chi connectivity index (χ1n) is 5.66. The third-order valence-electron chi connectivity index (χ3n) is 2.78. The highest BCUT2D eigenvalue weighted by atomic mass is 14.7. The molecule has 1 heteroatoms. The zero-order chi connectivity index (χ0) is 11.1. The van der Waals surface area contributed by atoms with Crippen LogP contribution >= 0.6 is 0 Å². The zero-order valence-electron chi connectivity index (χ0n) is 9.58. The van der Waals surface area contributed by atoms with E-state index in [1.165, 1.54) is 12.0 Å². The van der Waals surface area contributed by atoms with E-state index in [-0.39, 0.29) is 5.54 Å². The van der Waals surface area contributed by atoms with Crippen molar-refractivity contribution in [2.24, 2.45) is 5.73 Å². The number of hydrogen-bond acceptors (Lipinski definition) is 1. The van der Waals surface area contributed by atoms with Gasteiger partial charge < -0.3 is 5.73 Å². The summed E-state index contributed by atoms with van der Waals surface area (Å²) in [5.74, 6) is 0. The topological polar surface area (TPSA) is 26.0 Å². The summed E-state index contributed by atoms with van der Waals surface area (Å²) >= 11 is 0. The van der Waals surface area contributed by atoms with Crippen molar-refractivity contribution < 1.29 is 0 Å². The second kappa shape index (κ2) is 5.72. The third kappa shape index (κ3) is 3.88. The van der Waals surface area contributed by atoms with E-state index < -0.39 is 0 Å². The number of rotatable bonds is 6. The molecule has 1 atom stereocenters. The van der Waals surface area contributed by atoms with Crippen LogP contribution in [0.3, 0.4) is 0 Å². The van der Waals surface area contributed by atoms with Crippen molar-refractivity contribution in [2.45, 2.75) is 38.1 Å². The van der Waals surface area contributed by atoms with Crippen molar-refractivity contribution in [3.05, 3.63) is 48.6 Å². The van der Waals surface area contributed by atoms with Crippen LogP contribution < -0.4 is 5.73 Å². The van der Waals surface area contributed by atoms with Gasteiger partial charge in [0, 0.05) is 5.54 Å². The first kappa shape index (κ1) is 12.0. The van der Waals surface area contributed by atoms with Gasteiger partial charge in [-0.05, 0) is 18.4 Å². The normalized spacial score (nSPS) is 14.5. The smallest absolute Gasteiger partial charge is 0.0377 e. The fraction of sp³-hybridized carbons (Fsp3) is 0.429. The minimum Gasteiger partial charge on any atom is -0.322 e. The maximum absolute atomic E-state index is 6.30. The first-order chi connectivity index (χ1) is 7.20. The maximum Gasteiger partial charge on any atom is 0.0377 e. The van der Waals surface area contributed by atoms with Gasteiger partial charge in [-0.2, -0.15) is 0 Å². The van der Waals surface area contributed by atoms with E-state index in [0.717, 1.165) is 19.3 Å². The van der Waals surface area contributed by atoms with E-state index in [1.54, 1.807) is 0 Å². The fourth-order valence-corrected chi connectivity index (χ4v) is 1.74. The average molecular weight is 203 g/mol. The van der Waals surface area contributed by atoms with Crippen molar-refractivity contribution in [1.29, 1.82) is 0 Å². The van der Waals surface area contributed by atoms with Gasteiger partial charge in [-0.3, -0.25) is 0 Å². The van der Waals surface area contributed by atoms with Crippen LogP contribution in [0.1, 0.15) is 31.7 Å². The Labute approximate surface area is 93.0 Å². The Morgan fingerprint density at radius 3 is 2.53 bits per heavy atom. The van der Waals surface area contributed by atoms with Gasteiger partial charge >= 0.3 is 0 Å². The van der Waals surface area contributed by atoms with E-state index in [4.69, 9.17) is 5.73 Å². The van der Waals surface area contributed by atoms with E-state index in [2.05, 4.69) is 37.8 Å².